The van der Waals surface area contributed by atoms with Gasteiger partial charge in [0, 0.05) is 49.6 Å². The Balaban J connectivity index is 1.31. The number of aromatic nitrogens is 3. The largest absolute Gasteiger partial charge is 0.356 e. The molecule has 0 fully saturated rings. The topological polar surface area (TPSA) is 76.2 Å². The summed E-state index contributed by atoms with van der Waals surface area (Å²) in [4.78, 5) is 14.5. The molecule has 0 radical (unpaired) electrons. The first-order chi connectivity index (χ1) is 16.6. The van der Waals surface area contributed by atoms with Crippen molar-refractivity contribution in [2.75, 3.05) is 14.1 Å². The number of rotatable bonds is 7. The first kappa shape index (κ1) is 22.1. The van der Waals surface area contributed by atoms with Crippen molar-refractivity contribution < 1.29 is 9.32 Å². The summed E-state index contributed by atoms with van der Waals surface area (Å²) in [5, 5.41) is 12.6. The number of fused-ring (bicyclic) bond motifs is 1. The Morgan fingerprint density at radius 2 is 1.85 bits per heavy atom. The van der Waals surface area contributed by atoms with Gasteiger partial charge in [-0.05, 0) is 24.8 Å². The monoisotopic (exact) mass is 455 g/mol. The smallest absolute Gasteiger partial charge is 0.274 e. The minimum Gasteiger partial charge on any atom is -0.356 e. The van der Waals surface area contributed by atoms with Crippen molar-refractivity contribution in [3.05, 3.63) is 94.9 Å². The third-order valence-electron chi connectivity index (χ3n) is 6.32. The molecular weight excluding hydrogens is 426 g/mol. The second kappa shape index (κ2) is 9.65. The Bertz CT molecular complexity index is 1260. The summed E-state index contributed by atoms with van der Waals surface area (Å²) >= 11 is 0. The van der Waals surface area contributed by atoms with Gasteiger partial charge in [0.15, 0.2) is 11.5 Å². The van der Waals surface area contributed by atoms with E-state index in [1.807, 2.05) is 59.3 Å². The number of nitrogens with zero attached hydrogens (tertiary/aromatic N) is 4. The SMILES string of the molecule is CN(C)C(=O)c1nn(Cc2ccccc2)c2c1C[C@@H](NCc1cc(-c3ccccc3)on1)CC2. The van der Waals surface area contributed by atoms with Crippen LogP contribution in [-0.2, 0) is 25.9 Å². The lowest BCUT2D eigenvalue weighted by molar-refractivity contribution is 0.0820. The van der Waals surface area contributed by atoms with Crippen LogP contribution in [0.4, 0.5) is 0 Å². The molecule has 0 unspecified atom stereocenters. The molecule has 7 heteroatoms. The molecule has 1 aliphatic carbocycles. The van der Waals surface area contributed by atoms with Crippen LogP contribution in [0.15, 0.2) is 71.3 Å². The van der Waals surface area contributed by atoms with E-state index in [4.69, 9.17) is 9.62 Å². The van der Waals surface area contributed by atoms with Crippen LogP contribution in [0.1, 0.15) is 39.4 Å². The first-order valence-corrected chi connectivity index (χ1v) is 11.7. The molecule has 0 aliphatic heterocycles. The Hall–Kier alpha value is -3.71. The zero-order valence-corrected chi connectivity index (χ0v) is 19.6. The van der Waals surface area contributed by atoms with Crippen molar-refractivity contribution in [1.29, 1.82) is 0 Å². The van der Waals surface area contributed by atoms with Crippen LogP contribution in [0.2, 0.25) is 0 Å². The molecule has 0 spiro atoms. The third-order valence-corrected chi connectivity index (χ3v) is 6.32. The predicted molar refractivity (Wildman–Crippen MR) is 130 cm³/mol. The van der Waals surface area contributed by atoms with Crippen LogP contribution in [0.3, 0.4) is 0 Å². The molecule has 174 valence electrons. The molecular formula is C27H29N5O2. The van der Waals surface area contributed by atoms with Crippen LogP contribution in [0, 0.1) is 0 Å². The van der Waals surface area contributed by atoms with Gasteiger partial charge in [-0.1, -0.05) is 65.8 Å². The Kier molecular flexibility index (Phi) is 6.27. The van der Waals surface area contributed by atoms with Crippen molar-refractivity contribution in [1.82, 2.24) is 25.2 Å². The van der Waals surface area contributed by atoms with E-state index in [0.717, 1.165) is 41.8 Å². The van der Waals surface area contributed by atoms with E-state index in [2.05, 4.69) is 22.6 Å². The number of carbonyl (C=O) groups is 1. The number of nitrogens with one attached hydrogen (secondary N) is 1. The Morgan fingerprint density at radius 1 is 1.12 bits per heavy atom. The summed E-state index contributed by atoms with van der Waals surface area (Å²) in [6, 6.07) is 22.5. The van der Waals surface area contributed by atoms with E-state index in [9.17, 15) is 4.79 Å². The quantitative estimate of drug-likeness (QED) is 0.457. The van der Waals surface area contributed by atoms with Gasteiger partial charge in [0.05, 0.1) is 12.2 Å². The lowest BCUT2D eigenvalue weighted by Gasteiger charge is -2.24. The molecule has 1 amide bonds. The van der Waals surface area contributed by atoms with Crippen molar-refractivity contribution in [3.63, 3.8) is 0 Å². The summed E-state index contributed by atoms with van der Waals surface area (Å²) in [6.45, 7) is 1.29. The Morgan fingerprint density at radius 3 is 2.59 bits per heavy atom. The highest BCUT2D eigenvalue weighted by molar-refractivity contribution is 5.93. The normalized spacial score (nSPS) is 15.2. The molecule has 0 bridgehead atoms. The molecule has 34 heavy (non-hydrogen) atoms. The minimum atomic E-state index is -0.0484. The fraction of sp³-hybridized carbons (Fsp3) is 0.296. The van der Waals surface area contributed by atoms with Crippen molar-refractivity contribution in [3.8, 4) is 11.3 Å². The zero-order valence-electron chi connectivity index (χ0n) is 19.6. The van der Waals surface area contributed by atoms with E-state index in [0.29, 0.717) is 18.8 Å². The lowest BCUT2D eigenvalue weighted by atomic mass is 9.91. The fourth-order valence-electron chi connectivity index (χ4n) is 4.52. The van der Waals surface area contributed by atoms with Crippen LogP contribution in [0.5, 0.6) is 0 Å². The fourth-order valence-corrected chi connectivity index (χ4v) is 4.52. The van der Waals surface area contributed by atoms with E-state index in [1.54, 1.807) is 19.0 Å². The van der Waals surface area contributed by atoms with E-state index < -0.39 is 0 Å². The molecule has 4 aromatic rings. The summed E-state index contributed by atoms with van der Waals surface area (Å²) in [7, 11) is 3.55. The molecule has 0 saturated heterocycles. The summed E-state index contributed by atoms with van der Waals surface area (Å²) in [6.07, 6.45) is 2.62. The van der Waals surface area contributed by atoms with Gasteiger partial charge < -0.3 is 14.7 Å². The first-order valence-electron chi connectivity index (χ1n) is 11.7. The number of amides is 1. The second-order valence-corrected chi connectivity index (χ2v) is 8.99. The summed E-state index contributed by atoms with van der Waals surface area (Å²) in [5.74, 6) is 0.720. The molecule has 1 atom stereocenters. The number of benzene rings is 2. The van der Waals surface area contributed by atoms with Crippen LogP contribution in [0.25, 0.3) is 11.3 Å². The van der Waals surface area contributed by atoms with Gasteiger partial charge in [0.2, 0.25) is 0 Å². The van der Waals surface area contributed by atoms with Crippen molar-refractivity contribution in [2.45, 2.75) is 38.4 Å². The average Bonchev–Trinajstić information content (AvgIpc) is 3.48. The highest BCUT2D eigenvalue weighted by Crippen LogP contribution is 2.27. The number of hydrogen-bond acceptors (Lipinski definition) is 5. The molecule has 5 rings (SSSR count). The summed E-state index contributed by atoms with van der Waals surface area (Å²) in [5.41, 5.74) is 5.85. The van der Waals surface area contributed by atoms with Crippen LogP contribution >= 0.6 is 0 Å². The van der Waals surface area contributed by atoms with E-state index in [1.165, 1.54) is 11.3 Å². The third kappa shape index (κ3) is 4.65. The molecule has 1 aliphatic rings. The number of hydrogen-bond donors (Lipinski definition) is 1. The van der Waals surface area contributed by atoms with E-state index in [-0.39, 0.29) is 11.9 Å². The highest BCUT2D eigenvalue weighted by atomic mass is 16.5. The zero-order chi connectivity index (χ0) is 23.5. The van der Waals surface area contributed by atoms with Crippen molar-refractivity contribution >= 4 is 5.91 Å². The van der Waals surface area contributed by atoms with E-state index >= 15 is 0 Å². The maximum Gasteiger partial charge on any atom is 0.274 e. The lowest BCUT2D eigenvalue weighted by Crippen LogP contribution is -2.35. The van der Waals surface area contributed by atoms with Crippen molar-refractivity contribution in [2.24, 2.45) is 0 Å². The van der Waals surface area contributed by atoms with Crippen LogP contribution < -0.4 is 5.32 Å². The maximum absolute atomic E-state index is 12.9. The van der Waals surface area contributed by atoms with Gasteiger partial charge >= 0.3 is 0 Å². The molecule has 2 aromatic heterocycles. The number of carbonyl (C=O) groups excluding carboxylic acids is 1. The van der Waals surface area contributed by atoms with Gasteiger partial charge in [-0.25, -0.2) is 0 Å². The molecule has 0 saturated carbocycles. The minimum absolute atomic E-state index is 0.0484. The van der Waals surface area contributed by atoms with Crippen LogP contribution in [-0.4, -0.2) is 45.9 Å². The summed E-state index contributed by atoms with van der Waals surface area (Å²) < 4.78 is 7.55. The molecule has 1 N–H and O–H groups in total. The van der Waals surface area contributed by atoms with Gasteiger partial charge in [0.25, 0.3) is 5.91 Å². The molecule has 2 heterocycles. The average molecular weight is 456 g/mol. The van der Waals surface area contributed by atoms with Gasteiger partial charge in [-0.3, -0.25) is 9.48 Å². The highest BCUT2D eigenvalue weighted by Gasteiger charge is 2.30. The molecule has 2 aromatic carbocycles. The molecule has 7 nitrogen and oxygen atoms in total. The van der Waals surface area contributed by atoms with Gasteiger partial charge in [-0.2, -0.15) is 5.10 Å². The Labute approximate surface area is 199 Å². The second-order valence-electron chi connectivity index (χ2n) is 8.99. The standard InChI is InChI=1S/C27H29N5O2/c1-31(2)27(33)26-23-15-21(13-14-24(23)32(29-26)18-19-9-5-3-6-10-19)28-17-22-16-25(34-30-22)20-11-7-4-8-12-20/h3-12,16,21,28H,13-15,17-18H2,1-2H3/t21-/m0/s1. The van der Waals surface area contributed by atoms with Gasteiger partial charge in [-0.15, -0.1) is 0 Å². The maximum atomic E-state index is 12.9. The van der Waals surface area contributed by atoms with Gasteiger partial charge in [0.1, 0.15) is 0 Å². The predicted octanol–water partition coefficient (Wildman–Crippen LogP) is 3.94.